The van der Waals surface area contributed by atoms with Crippen molar-refractivity contribution in [3.63, 3.8) is 0 Å². The number of nitrogens with one attached hydrogen (secondary N) is 1. The third-order valence-corrected chi connectivity index (χ3v) is 4.46. The Bertz CT molecular complexity index is 567. The smallest absolute Gasteiger partial charge is 0.187 e. The van der Waals surface area contributed by atoms with E-state index in [1.807, 2.05) is 26.2 Å². The van der Waals surface area contributed by atoms with E-state index in [1.54, 1.807) is 11.8 Å². The van der Waals surface area contributed by atoms with E-state index in [1.165, 1.54) is 11.1 Å². The average molecular weight is 301 g/mol. The number of thioether (sulfide) groups is 1. The normalized spacial score (nSPS) is 12.6. The summed E-state index contributed by atoms with van der Waals surface area (Å²) in [5, 5.41) is 4.22. The number of benzene rings is 1. The van der Waals surface area contributed by atoms with Crippen LogP contribution in [-0.4, -0.2) is 22.8 Å². The van der Waals surface area contributed by atoms with Crippen molar-refractivity contribution in [3.8, 4) is 0 Å². The first-order chi connectivity index (χ1) is 10.1. The highest BCUT2D eigenvalue weighted by Gasteiger charge is 2.11. The maximum absolute atomic E-state index is 4.43. The Hall–Kier alpha value is -1.39. The van der Waals surface area contributed by atoms with Gasteiger partial charge in [0.1, 0.15) is 0 Å². The Balaban J connectivity index is 2.02. The van der Waals surface area contributed by atoms with E-state index >= 15 is 0 Å². The van der Waals surface area contributed by atoms with E-state index in [0.717, 1.165) is 16.6 Å². The molecule has 0 saturated carbocycles. The van der Waals surface area contributed by atoms with E-state index < -0.39 is 0 Å². The van der Waals surface area contributed by atoms with Crippen LogP contribution in [-0.2, 0) is 0 Å². The number of aromatic nitrogens is 2. The third kappa shape index (κ3) is 4.55. The van der Waals surface area contributed by atoms with Crippen molar-refractivity contribution in [1.29, 1.82) is 0 Å². The standard InChI is InChI=1S/C17H23N3S/c1-12(2)14-5-7-15(8-6-14)16(18-4)11-21-17-19-10-9-13(3)20-17/h5-10,12,16,18H,11H2,1-4H3. The molecule has 1 aromatic carbocycles. The van der Waals surface area contributed by atoms with Crippen LogP contribution in [0.5, 0.6) is 0 Å². The van der Waals surface area contributed by atoms with Gasteiger partial charge in [0, 0.05) is 23.7 Å². The summed E-state index contributed by atoms with van der Waals surface area (Å²) in [6.45, 7) is 6.43. The second kappa shape index (κ2) is 7.57. The van der Waals surface area contributed by atoms with E-state index in [2.05, 4.69) is 53.4 Å². The van der Waals surface area contributed by atoms with Gasteiger partial charge in [0.2, 0.25) is 0 Å². The zero-order valence-corrected chi connectivity index (χ0v) is 13.9. The molecular formula is C17H23N3S. The van der Waals surface area contributed by atoms with E-state index in [9.17, 15) is 0 Å². The molecule has 1 unspecified atom stereocenters. The maximum atomic E-state index is 4.43. The van der Waals surface area contributed by atoms with Crippen LogP contribution in [0.1, 0.15) is 42.6 Å². The molecule has 2 aromatic rings. The highest BCUT2D eigenvalue weighted by molar-refractivity contribution is 7.99. The minimum absolute atomic E-state index is 0.306. The highest BCUT2D eigenvalue weighted by Crippen LogP contribution is 2.24. The molecule has 0 bridgehead atoms. The first kappa shape index (κ1) is 16.0. The number of hydrogen-bond donors (Lipinski definition) is 1. The molecule has 0 radical (unpaired) electrons. The van der Waals surface area contributed by atoms with Gasteiger partial charge in [-0.05, 0) is 37.1 Å². The van der Waals surface area contributed by atoms with E-state index in [-0.39, 0.29) is 0 Å². The van der Waals surface area contributed by atoms with Crippen molar-refractivity contribution in [2.75, 3.05) is 12.8 Å². The summed E-state index contributed by atoms with van der Waals surface area (Å²) in [5.41, 5.74) is 3.69. The van der Waals surface area contributed by atoms with Crippen molar-refractivity contribution in [3.05, 3.63) is 53.3 Å². The molecule has 21 heavy (non-hydrogen) atoms. The molecule has 0 aliphatic rings. The van der Waals surface area contributed by atoms with Gasteiger partial charge in [0.05, 0.1) is 0 Å². The van der Waals surface area contributed by atoms with Gasteiger partial charge in [-0.3, -0.25) is 0 Å². The van der Waals surface area contributed by atoms with Crippen LogP contribution < -0.4 is 5.32 Å². The van der Waals surface area contributed by atoms with E-state index in [4.69, 9.17) is 0 Å². The van der Waals surface area contributed by atoms with Gasteiger partial charge in [-0.25, -0.2) is 9.97 Å². The Morgan fingerprint density at radius 2 is 1.76 bits per heavy atom. The lowest BCUT2D eigenvalue weighted by molar-refractivity contribution is 0.660. The summed E-state index contributed by atoms with van der Waals surface area (Å²) in [6.07, 6.45) is 1.82. The zero-order chi connectivity index (χ0) is 15.2. The van der Waals surface area contributed by atoms with Gasteiger partial charge in [0.15, 0.2) is 5.16 Å². The molecule has 1 heterocycles. The Labute approximate surface area is 131 Å². The largest absolute Gasteiger partial charge is 0.312 e. The quantitative estimate of drug-likeness (QED) is 0.647. The summed E-state index contributed by atoms with van der Waals surface area (Å²) in [5.74, 6) is 1.49. The minimum Gasteiger partial charge on any atom is -0.312 e. The van der Waals surface area contributed by atoms with Crippen LogP contribution in [0.4, 0.5) is 0 Å². The number of nitrogens with zero attached hydrogens (tertiary/aromatic N) is 2. The monoisotopic (exact) mass is 301 g/mol. The van der Waals surface area contributed by atoms with Gasteiger partial charge in [-0.15, -0.1) is 0 Å². The Morgan fingerprint density at radius 1 is 1.10 bits per heavy atom. The summed E-state index contributed by atoms with van der Waals surface area (Å²) >= 11 is 1.69. The first-order valence-electron chi connectivity index (χ1n) is 7.29. The van der Waals surface area contributed by atoms with Crippen molar-refractivity contribution in [1.82, 2.24) is 15.3 Å². The van der Waals surface area contributed by atoms with Crippen LogP contribution in [0.2, 0.25) is 0 Å². The average Bonchev–Trinajstić information content (AvgIpc) is 2.48. The predicted octanol–water partition coefficient (Wildman–Crippen LogP) is 3.96. The van der Waals surface area contributed by atoms with Crippen LogP contribution >= 0.6 is 11.8 Å². The predicted molar refractivity (Wildman–Crippen MR) is 89.8 cm³/mol. The van der Waals surface area contributed by atoms with Crippen LogP contribution in [0, 0.1) is 6.92 Å². The SMILES string of the molecule is CNC(CSc1nccc(C)n1)c1ccc(C(C)C)cc1. The zero-order valence-electron chi connectivity index (χ0n) is 13.1. The summed E-state index contributed by atoms with van der Waals surface area (Å²) in [7, 11) is 2.00. The summed E-state index contributed by atoms with van der Waals surface area (Å²) in [6, 6.07) is 11.1. The highest BCUT2D eigenvalue weighted by atomic mass is 32.2. The second-order valence-electron chi connectivity index (χ2n) is 5.45. The van der Waals surface area contributed by atoms with Crippen molar-refractivity contribution < 1.29 is 0 Å². The van der Waals surface area contributed by atoms with Gasteiger partial charge >= 0.3 is 0 Å². The van der Waals surface area contributed by atoms with Gasteiger partial charge in [-0.1, -0.05) is 49.9 Å². The molecule has 1 atom stereocenters. The Kier molecular flexibility index (Phi) is 5.76. The molecule has 0 spiro atoms. The fraction of sp³-hybridized carbons (Fsp3) is 0.412. The molecule has 1 aromatic heterocycles. The lowest BCUT2D eigenvalue weighted by Crippen LogP contribution is -2.18. The summed E-state index contributed by atoms with van der Waals surface area (Å²) < 4.78 is 0. The van der Waals surface area contributed by atoms with Crippen LogP contribution in [0.3, 0.4) is 0 Å². The van der Waals surface area contributed by atoms with Gasteiger partial charge in [-0.2, -0.15) is 0 Å². The molecule has 2 rings (SSSR count). The molecule has 0 amide bonds. The molecule has 0 aliphatic carbocycles. The number of rotatable bonds is 6. The van der Waals surface area contributed by atoms with Crippen molar-refractivity contribution >= 4 is 11.8 Å². The van der Waals surface area contributed by atoms with E-state index in [0.29, 0.717) is 12.0 Å². The topological polar surface area (TPSA) is 37.8 Å². The summed E-state index contributed by atoms with van der Waals surface area (Å²) in [4.78, 5) is 8.74. The maximum Gasteiger partial charge on any atom is 0.187 e. The molecule has 3 nitrogen and oxygen atoms in total. The lowest BCUT2D eigenvalue weighted by Gasteiger charge is -2.17. The molecule has 1 N–H and O–H groups in total. The molecule has 112 valence electrons. The molecule has 0 aliphatic heterocycles. The Morgan fingerprint density at radius 3 is 2.33 bits per heavy atom. The number of hydrogen-bond acceptors (Lipinski definition) is 4. The number of aryl methyl sites for hydroxylation is 1. The van der Waals surface area contributed by atoms with Gasteiger partial charge in [0.25, 0.3) is 0 Å². The fourth-order valence-electron chi connectivity index (χ4n) is 2.11. The van der Waals surface area contributed by atoms with Crippen molar-refractivity contribution in [2.45, 2.75) is 37.9 Å². The molecule has 4 heteroatoms. The first-order valence-corrected chi connectivity index (χ1v) is 8.28. The fourth-order valence-corrected chi connectivity index (χ4v) is 3.13. The molecular weight excluding hydrogens is 278 g/mol. The minimum atomic E-state index is 0.306. The third-order valence-electron chi connectivity index (χ3n) is 3.51. The van der Waals surface area contributed by atoms with Crippen LogP contribution in [0.25, 0.3) is 0 Å². The lowest BCUT2D eigenvalue weighted by atomic mass is 10.00. The second-order valence-corrected chi connectivity index (χ2v) is 6.44. The van der Waals surface area contributed by atoms with Crippen LogP contribution in [0.15, 0.2) is 41.7 Å². The molecule has 0 fully saturated rings. The van der Waals surface area contributed by atoms with Crippen molar-refractivity contribution in [2.24, 2.45) is 0 Å². The van der Waals surface area contributed by atoms with Gasteiger partial charge < -0.3 is 5.32 Å². The molecule has 0 saturated heterocycles.